The minimum absolute atomic E-state index is 0.0588. The molecule has 2 unspecified atom stereocenters. The summed E-state index contributed by atoms with van der Waals surface area (Å²) in [6.45, 7) is 11.3. The third-order valence-corrected chi connectivity index (χ3v) is 5.89. The van der Waals surface area contributed by atoms with E-state index < -0.39 is 0 Å². The van der Waals surface area contributed by atoms with E-state index in [2.05, 4.69) is 34.6 Å². The number of hydrogen-bond donors (Lipinski definition) is 0. The van der Waals surface area contributed by atoms with Gasteiger partial charge in [0.05, 0.1) is 0 Å². The third kappa shape index (κ3) is 2.12. The molecule has 0 saturated heterocycles. The molecule has 0 bridgehead atoms. The van der Waals surface area contributed by atoms with Gasteiger partial charge in [0.2, 0.25) is 0 Å². The number of carbonyl (C=O) groups is 1. The molecule has 0 amide bonds. The molecule has 1 heterocycles. The summed E-state index contributed by atoms with van der Waals surface area (Å²) in [5.41, 5.74) is 1.29. The number of allylic oxidation sites excluding steroid dienone is 2. The Balaban J connectivity index is 1.99. The first-order valence-corrected chi connectivity index (χ1v) is 8.07. The summed E-state index contributed by atoms with van der Waals surface area (Å²) >= 11 is 0. The molecule has 112 valence electrons. The van der Waals surface area contributed by atoms with Crippen LogP contribution in [0.4, 0.5) is 0 Å². The molecule has 0 N–H and O–H groups in total. The Labute approximate surface area is 123 Å². The number of ether oxygens (including phenoxy) is 1. The van der Waals surface area contributed by atoms with Crippen LogP contribution in [-0.4, -0.2) is 11.4 Å². The molecular weight excluding hydrogens is 248 g/mol. The Kier molecular flexibility index (Phi) is 2.91. The van der Waals surface area contributed by atoms with Gasteiger partial charge >= 0.3 is 0 Å². The molecule has 2 atom stereocenters. The molecule has 2 nitrogen and oxygen atoms in total. The molecule has 0 radical (unpaired) electrons. The topological polar surface area (TPSA) is 26.3 Å². The van der Waals surface area contributed by atoms with Crippen molar-refractivity contribution in [1.82, 2.24) is 0 Å². The summed E-state index contributed by atoms with van der Waals surface area (Å²) in [6, 6.07) is 0. The quantitative estimate of drug-likeness (QED) is 0.644. The largest absolute Gasteiger partial charge is 0.491 e. The molecule has 1 aliphatic heterocycles. The van der Waals surface area contributed by atoms with Gasteiger partial charge in [-0.3, -0.25) is 4.79 Å². The lowest BCUT2D eigenvalue weighted by molar-refractivity contribution is -0.138. The van der Waals surface area contributed by atoms with E-state index in [1.165, 1.54) is 12.8 Å². The van der Waals surface area contributed by atoms with E-state index in [1.807, 2.05) is 0 Å². The van der Waals surface area contributed by atoms with E-state index in [0.29, 0.717) is 18.1 Å². The van der Waals surface area contributed by atoms with Gasteiger partial charge < -0.3 is 4.74 Å². The first-order chi connectivity index (χ1) is 9.13. The fraction of sp³-hybridized carbons (Fsp3) is 0.833. The van der Waals surface area contributed by atoms with Crippen molar-refractivity contribution in [2.75, 3.05) is 0 Å². The lowest BCUT2D eigenvalue weighted by Gasteiger charge is -2.54. The van der Waals surface area contributed by atoms with Gasteiger partial charge in [0.1, 0.15) is 11.4 Å². The van der Waals surface area contributed by atoms with Gasteiger partial charge in [-0.05, 0) is 43.4 Å². The van der Waals surface area contributed by atoms with Crippen LogP contribution in [0.3, 0.4) is 0 Å². The van der Waals surface area contributed by atoms with Crippen LogP contribution in [0.1, 0.15) is 73.1 Å². The zero-order chi connectivity index (χ0) is 14.8. The fourth-order valence-electron chi connectivity index (χ4n) is 4.80. The van der Waals surface area contributed by atoms with Gasteiger partial charge in [0, 0.05) is 24.3 Å². The van der Waals surface area contributed by atoms with Crippen molar-refractivity contribution in [3.63, 3.8) is 0 Å². The average Bonchev–Trinajstić information content (AvgIpc) is 2.23. The van der Waals surface area contributed by atoms with Crippen LogP contribution in [0.15, 0.2) is 11.3 Å². The highest BCUT2D eigenvalue weighted by atomic mass is 16.5. The van der Waals surface area contributed by atoms with E-state index in [4.69, 9.17) is 4.74 Å². The van der Waals surface area contributed by atoms with Crippen molar-refractivity contribution in [1.29, 1.82) is 0 Å². The first kappa shape index (κ1) is 14.2. The summed E-state index contributed by atoms with van der Waals surface area (Å²) in [7, 11) is 0. The lowest BCUT2D eigenvalue weighted by Crippen LogP contribution is -2.52. The van der Waals surface area contributed by atoms with E-state index in [1.54, 1.807) is 0 Å². The SMILES string of the molecule is CC1(C)CC(=O)C2=C(C1)OC1(C)CCCC(C)(C)C1C2. The van der Waals surface area contributed by atoms with E-state index in [0.717, 1.165) is 30.6 Å². The Morgan fingerprint density at radius 1 is 1.05 bits per heavy atom. The van der Waals surface area contributed by atoms with Crippen LogP contribution >= 0.6 is 0 Å². The summed E-state index contributed by atoms with van der Waals surface area (Å²) in [4.78, 5) is 12.5. The zero-order valence-electron chi connectivity index (χ0n) is 13.6. The molecule has 0 aromatic rings. The second-order valence-electron chi connectivity index (χ2n) is 8.86. The zero-order valence-corrected chi connectivity index (χ0v) is 13.6. The van der Waals surface area contributed by atoms with Crippen molar-refractivity contribution in [2.24, 2.45) is 16.7 Å². The summed E-state index contributed by atoms with van der Waals surface area (Å²) in [6.07, 6.45) is 6.16. The van der Waals surface area contributed by atoms with E-state index >= 15 is 0 Å². The number of fused-ring (bicyclic) bond motifs is 1. The van der Waals surface area contributed by atoms with Gasteiger partial charge in [0.15, 0.2) is 5.78 Å². The van der Waals surface area contributed by atoms with Gasteiger partial charge in [-0.2, -0.15) is 0 Å². The molecule has 1 saturated carbocycles. The number of rotatable bonds is 0. The van der Waals surface area contributed by atoms with Crippen LogP contribution in [0.25, 0.3) is 0 Å². The second kappa shape index (κ2) is 4.11. The minimum atomic E-state index is -0.0612. The Morgan fingerprint density at radius 2 is 1.75 bits per heavy atom. The normalized spacial score (nSPS) is 38.9. The lowest BCUT2D eigenvalue weighted by atomic mass is 9.58. The first-order valence-electron chi connectivity index (χ1n) is 8.07. The van der Waals surface area contributed by atoms with Crippen LogP contribution in [0, 0.1) is 16.7 Å². The van der Waals surface area contributed by atoms with E-state index in [9.17, 15) is 4.79 Å². The number of Topliss-reactive ketones (excluding diaryl/α,β-unsaturated/α-hetero) is 1. The maximum atomic E-state index is 12.5. The van der Waals surface area contributed by atoms with Crippen LogP contribution in [0.5, 0.6) is 0 Å². The molecule has 20 heavy (non-hydrogen) atoms. The highest BCUT2D eigenvalue weighted by Gasteiger charge is 2.53. The van der Waals surface area contributed by atoms with Gasteiger partial charge in [-0.25, -0.2) is 0 Å². The van der Waals surface area contributed by atoms with Crippen molar-refractivity contribution >= 4 is 5.78 Å². The van der Waals surface area contributed by atoms with E-state index in [-0.39, 0.29) is 16.4 Å². The predicted octanol–water partition coefficient (Wildman–Crippen LogP) is 4.63. The predicted molar refractivity (Wildman–Crippen MR) is 80.3 cm³/mol. The number of hydrogen-bond acceptors (Lipinski definition) is 2. The second-order valence-corrected chi connectivity index (χ2v) is 8.86. The molecule has 2 heteroatoms. The van der Waals surface area contributed by atoms with Gasteiger partial charge in [0.25, 0.3) is 0 Å². The Morgan fingerprint density at radius 3 is 2.45 bits per heavy atom. The van der Waals surface area contributed by atoms with Crippen molar-refractivity contribution in [2.45, 2.75) is 78.7 Å². The van der Waals surface area contributed by atoms with Crippen LogP contribution in [0.2, 0.25) is 0 Å². The van der Waals surface area contributed by atoms with Crippen LogP contribution in [-0.2, 0) is 9.53 Å². The molecular formula is C18H28O2. The minimum Gasteiger partial charge on any atom is -0.491 e. The van der Waals surface area contributed by atoms with Crippen LogP contribution < -0.4 is 0 Å². The summed E-state index contributed by atoms with van der Waals surface area (Å²) < 4.78 is 6.48. The number of ketones is 1. The molecule has 3 rings (SSSR count). The Hall–Kier alpha value is -0.790. The van der Waals surface area contributed by atoms with Crippen molar-refractivity contribution in [3.05, 3.63) is 11.3 Å². The van der Waals surface area contributed by atoms with Gasteiger partial charge in [-0.15, -0.1) is 0 Å². The summed E-state index contributed by atoms with van der Waals surface area (Å²) in [5.74, 6) is 1.83. The fourth-order valence-corrected chi connectivity index (χ4v) is 4.80. The van der Waals surface area contributed by atoms with Crippen molar-refractivity contribution < 1.29 is 9.53 Å². The summed E-state index contributed by atoms with van der Waals surface area (Å²) in [5, 5.41) is 0. The monoisotopic (exact) mass is 276 g/mol. The maximum Gasteiger partial charge on any atom is 0.162 e. The standard InChI is InChI=1S/C18H28O2/c1-16(2)10-13(19)12-9-15-17(3,4)7-6-8-18(15,5)20-14(12)11-16/h15H,6-11H2,1-5H3. The van der Waals surface area contributed by atoms with Gasteiger partial charge in [-0.1, -0.05) is 27.7 Å². The smallest absolute Gasteiger partial charge is 0.162 e. The highest BCUT2D eigenvalue weighted by molar-refractivity contribution is 5.97. The maximum absolute atomic E-state index is 12.5. The molecule has 0 aromatic heterocycles. The molecule has 0 aromatic carbocycles. The molecule has 2 aliphatic carbocycles. The molecule has 1 fully saturated rings. The molecule has 0 spiro atoms. The molecule has 3 aliphatic rings. The van der Waals surface area contributed by atoms with Crippen molar-refractivity contribution in [3.8, 4) is 0 Å². The highest BCUT2D eigenvalue weighted by Crippen LogP contribution is 2.56. The third-order valence-electron chi connectivity index (χ3n) is 5.89. The average molecular weight is 276 g/mol. The Bertz CT molecular complexity index is 484. The number of carbonyl (C=O) groups excluding carboxylic acids is 1.